The minimum Gasteiger partial charge on any atom is -0.464 e. The highest BCUT2D eigenvalue weighted by Crippen LogP contribution is 2.34. The van der Waals surface area contributed by atoms with Crippen LogP contribution in [0.4, 0.5) is 20.2 Å². The molecule has 0 saturated carbocycles. The van der Waals surface area contributed by atoms with Gasteiger partial charge in [-0.15, -0.1) is 0 Å². The third-order valence-electron chi connectivity index (χ3n) is 5.77. The molecule has 0 bridgehead atoms. The Hall–Kier alpha value is -3.68. The Bertz CT molecular complexity index is 1140. The number of aliphatic imine (C=N–C) groups is 1. The number of nitrogens with one attached hydrogen (secondary N) is 1. The molecule has 0 spiro atoms. The molecule has 2 aliphatic heterocycles. The van der Waals surface area contributed by atoms with E-state index < -0.39 is 17.9 Å². The van der Waals surface area contributed by atoms with E-state index in [9.17, 15) is 13.6 Å². The number of dihydropyridines is 1. The van der Waals surface area contributed by atoms with Crippen LogP contribution in [0.15, 0.2) is 76.9 Å². The summed E-state index contributed by atoms with van der Waals surface area (Å²) in [6.45, 7) is 3.78. The molecule has 1 unspecified atom stereocenters. The fourth-order valence-corrected chi connectivity index (χ4v) is 4.16. The Morgan fingerprint density at radius 1 is 1.21 bits per heavy atom. The van der Waals surface area contributed by atoms with E-state index in [4.69, 9.17) is 10.5 Å². The average molecular weight is 467 g/mol. The van der Waals surface area contributed by atoms with Gasteiger partial charge in [-0.3, -0.25) is 0 Å². The van der Waals surface area contributed by atoms with Crippen molar-refractivity contribution in [2.45, 2.75) is 32.2 Å². The Morgan fingerprint density at radius 2 is 1.91 bits per heavy atom. The zero-order valence-corrected chi connectivity index (χ0v) is 19.2. The average Bonchev–Trinajstić information content (AvgIpc) is 3.19. The zero-order valence-electron chi connectivity index (χ0n) is 19.2. The number of carbonyl (C=O) groups excluding carboxylic acids is 1. The monoisotopic (exact) mass is 466 g/mol. The summed E-state index contributed by atoms with van der Waals surface area (Å²) >= 11 is 0. The Labute approximate surface area is 197 Å². The lowest BCUT2D eigenvalue weighted by Crippen LogP contribution is -2.30. The molecule has 0 radical (unpaired) electrons. The van der Waals surface area contributed by atoms with Gasteiger partial charge in [-0.25, -0.2) is 18.6 Å². The van der Waals surface area contributed by atoms with Crippen LogP contribution in [0.2, 0.25) is 0 Å². The first kappa shape index (κ1) is 23.5. The number of amidine groups is 1. The van der Waals surface area contributed by atoms with Crippen molar-refractivity contribution in [1.82, 2.24) is 0 Å². The molecule has 4 rings (SSSR count). The first-order valence-corrected chi connectivity index (χ1v) is 11.3. The minimum atomic E-state index is -2.67. The molecular formula is C26H28F2N4O2. The third kappa shape index (κ3) is 5.11. The fraction of sp³-hybridized carbons (Fsp3) is 0.308. The molecule has 1 fully saturated rings. The number of anilines is 2. The highest BCUT2D eigenvalue weighted by molar-refractivity contribution is 6.20. The molecule has 2 aromatic carbocycles. The predicted molar refractivity (Wildman–Crippen MR) is 131 cm³/mol. The van der Waals surface area contributed by atoms with Gasteiger partial charge in [-0.2, -0.15) is 0 Å². The van der Waals surface area contributed by atoms with E-state index in [-0.39, 0.29) is 19.6 Å². The topological polar surface area (TPSA) is 80.0 Å². The van der Waals surface area contributed by atoms with Gasteiger partial charge in [0.1, 0.15) is 5.84 Å². The van der Waals surface area contributed by atoms with Gasteiger partial charge < -0.3 is 20.7 Å². The number of halogens is 2. The fourth-order valence-electron chi connectivity index (χ4n) is 4.16. The van der Waals surface area contributed by atoms with Crippen LogP contribution in [0.1, 0.15) is 25.8 Å². The SMILES string of the molecule is CCOC(=O)C1C=C(c2ccc(N3CCC(F)(F)C3)cc2)C(=C(C)N)C(Nc2ccccc2)=N1. The summed E-state index contributed by atoms with van der Waals surface area (Å²) in [5.41, 5.74) is 10.5. The lowest BCUT2D eigenvalue weighted by Gasteiger charge is -2.25. The van der Waals surface area contributed by atoms with E-state index >= 15 is 0 Å². The highest BCUT2D eigenvalue weighted by Gasteiger charge is 2.38. The maximum absolute atomic E-state index is 13.7. The van der Waals surface area contributed by atoms with E-state index in [1.54, 1.807) is 24.8 Å². The molecule has 0 aromatic heterocycles. The van der Waals surface area contributed by atoms with Gasteiger partial charge in [-0.05, 0) is 55.3 Å². The normalized spacial score (nSPS) is 20.9. The summed E-state index contributed by atoms with van der Waals surface area (Å²) < 4.78 is 32.5. The summed E-state index contributed by atoms with van der Waals surface area (Å²) in [4.78, 5) is 18.9. The number of carbonyl (C=O) groups is 1. The van der Waals surface area contributed by atoms with Gasteiger partial charge in [0, 0.05) is 35.6 Å². The summed E-state index contributed by atoms with van der Waals surface area (Å²) in [6, 6.07) is 16.0. The number of esters is 1. The van der Waals surface area contributed by atoms with Crippen molar-refractivity contribution < 1.29 is 18.3 Å². The maximum Gasteiger partial charge on any atom is 0.334 e. The summed E-state index contributed by atoms with van der Waals surface area (Å²) in [5, 5.41) is 3.28. The number of nitrogens with zero attached hydrogens (tertiary/aromatic N) is 2. The molecule has 2 aliphatic rings. The summed E-state index contributed by atoms with van der Waals surface area (Å²) in [7, 11) is 0. The predicted octanol–water partition coefficient (Wildman–Crippen LogP) is 4.60. The Balaban J connectivity index is 1.70. The number of para-hydroxylation sites is 1. The van der Waals surface area contributed by atoms with Crippen LogP contribution >= 0.6 is 0 Å². The second-order valence-electron chi connectivity index (χ2n) is 8.38. The highest BCUT2D eigenvalue weighted by atomic mass is 19.3. The number of ether oxygens (including phenoxy) is 1. The molecule has 2 heterocycles. The molecule has 0 aliphatic carbocycles. The van der Waals surface area contributed by atoms with Crippen molar-refractivity contribution in [3.8, 4) is 0 Å². The lowest BCUT2D eigenvalue weighted by molar-refractivity contribution is -0.143. The van der Waals surface area contributed by atoms with Crippen LogP contribution in [-0.2, 0) is 9.53 Å². The summed E-state index contributed by atoms with van der Waals surface area (Å²) in [5.74, 6) is -2.67. The molecule has 0 amide bonds. The van der Waals surface area contributed by atoms with Gasteiger partial charge >= 0.3 is 5.97 Å². The summed E-state index contributed by atoms with van der Waals surface area (Å²) in [6.07, 6.45) is 1.59. The van der Waals surface area contributed by atoms with E-state index in [0.717, 1.165) is 22.5 Å². The quantitative estimate of drug-likeness (QED) is 0.630. The van der Waals surface area contributed by atoms with Crippen molar-refractivity contribution in [2.24, 2.45) is 10.7 Å². The van der Waals surface area contributed by atoms with Gasteiger partial charge in [0.15, 0.2) is 6.04 Å². The van der Waals surface area contributed by atoms with E-state index in [1.165, 1.54) is 0 Å². The molecule has 6 nitrogen and oxygen atoms in total. The number of allylic oxidation sites excluding steroid dienone is 1. The van der Waals surface area contributed by atoms with E-state index in [2.05, 4.69) is 10.3 Å². The number of hydrogen-bond acceptors (Lipinski definition) is 6. The van der Waals surface area contributed by atoms with Gasteiger partial charge in [-0.1, -0.05) is 30.3 Å². The van der Waals surface area contributed by atoms with Crippen molar-refractivity contribution >= 4 is 28.8 Å². The van der Waals surface area contributed by atoms with Crippen molar-refractivity contribution in [2.75, 3.05) is 29.9 Å². The molecule has 1 saturated heterocycles. The number of alkyl halides is 2. The Kier molecular flexibility index (Phi) is 6.68. The maximum atomic E-state index is 13.7. The molecule has 1 atom stereocenters. The third-order valence-corrected chi connectivity index (χ3v) is 5.77. The van der Waals surface area contributed by atoms with Gasteiger partial charge in [0.25, 0.3) is 5.92 Å². The second kappa shape index (κ2) is 9.67. The van der Waals surface area contributed by atoms with Crippen LogP contribution < -0.4 is 16.0 Å². The smallest absolute Gasteiger partial charge is 0.334 e. The minimum absolute atomic E-state index is 0.147. The molecule has 34 heavy (non-hydrogen) atoms. The number of rotatable bonds is 5. The second-order valence-corrected chi connectivity index (χ2v) is 8.38. The molecule has 8 heteroatoms. The van der Waals surface area contributed by atoms with Crippen LogP contribution in [0.25, 0.3) is 5.57 Å². The molecule has 178 valence electrons. The van der Waals surface area contributed by atoms with Gasteiger partial charge in [0.2, 0.25) is 0 Å². The first-order valence-electron chi connectivity index (χ1n) is 11.3. The van der Waals surface area contributed by atoms with Gasteiger partial charge in [0.05, 0.1) is 13.2 Å². The van der Waals surface area contributed by atoms with Crippen LogP contribution in [0.5, 0.6) is 0 Å². The molecule has 2 aromatic rings. The van der Waals surface area contributed by atoms with E-state index in [1.807, 2.05) is 54.6 Å². The number of benzene rings is 2. The largest absolute Gasteiger partial charge is 0.464 e. The van der Waals surface area contributed by atoms with E-state index in [0.29, 0.717) is 23.7 Å². The van der Waals surface area contributed by atoms with Crippen LogP contribution in [0, 0.1) is 0 Å². The molecule has 3 N–H and O–H groups in total. The first-order chi connectivity index (χ1) is 16.3. The molecular weight excluding hydrogens is 438 g/mol. The van der Waals surface area contributed by atoms with Crippen molar-refractivity contribution in [3.05, 3.63) is 77.5 Å². The zero-order chi connectivity index (χ0) is 24.3. The Morgan fingerprint density at radius 3 is 2.50 bits per heavy atom. The van der Waals surface area contributed by atoms with Crippen molar-refractivity contribution in [1.29, 1.82) is 0 Å². The lowest BCUT2D eigenvalue weighted by atomic mass is 9.91. The van der Waals surface area contributed by atoms with Crippen LogP contribution in [-0.4, -0.2) is 43.5 Å². The standard InChI is InChI=1S/C26H28F2N4O2/c1-3-34-25(33)22-15-21(18-9-11-20(12-10-18)32-14-13-26(27,28)16-32)23(17(2)29)24(31-22)30-19-7-5-4-6-8-19/h4-12,15,22H,3,13-14,16,29H2,1-2H3,(H,30,31). The van der Waals surface area contributed by atoms with Crippen molar-refractivity contribution in [3.63, 3.8) is 0 Å². The van der Waals surface area contributed by atoms with Crippen LogP contribution in [0.3, 0.4) is 0 Å². The number of hydrogen-bond donors (Lipinski definition) is 2. The number of nitrogens with two attached hydrogens (primary N) is 1.